The third kappa shape index (κ3) is 3.74. The van der Waals surface area contributed by atoms with Gasteiger partial charge < -0.3 is 0 Å². The van der Waals surface area contributed by atoms with Crippen molar-refractivity contribution in [3.8, 4) is 0 Å². The van der Waals surface area contributed by atoms with Crippen LogP contribution in [0.3, 0.4) is 0 Å². The molecule has 2 rings (SSSR count). The van der Waals surface area contributed by atoms with Gasteiger partial charge in [-0.3, -0.25) is 9.55 Å². The molecule has 0 atom stereocenters. The lowest BCUT2D eigenvalue weighted by Crippen LogP contribution is -1.96. The molecule has 19 heavy (non-hydrogen) atoms. The third-order valence-electron chi connectivity index (χ3n) is 2.57. The number of rotatable bonds is 3. The van der Waals surface area contributed by atoms with Crippen LogP contribution >= 0.6 is 0 Å². The van der Waals surface area contributed by atoms with E-state index in [-0.39, 0.29) is 4.90 Å². The van der Waals surface area contributed by atoms with Gasteiger partial charge in [0.15, 0.2) is 0 Å². The van der Waals surface area contributed by atoms with Gasteiger partial charge in [0.25, 0.3) is 10.1 Å². The van der Waals surface area contributed by atoms with Crippen LogP contribution in [0.5, 0.6) is 0 Å². The van der Waals surface area contributed by atoms with E-state index >= 15 is 0 Å². The summed E-state index contributed by atoms with van der Waals surface area (Å²) in [6.45, 7) is 2.01. The van der Waals surface area contributed by atoms with E-state index in [1.54, 1.807) is 6.21 Å². The molecule has 0 aliphatic heterocycles. The highest BCUT2D eigenvalue weighted by Crippen LogP contribution is 2.16. The van der Waals surface area contributed by atoms with E-state index in [4.69, 9.17) is 4.55 Å². The summed E-state index contributed by atoms with van der Waals surface area (Å²) in [5.74, 6) is 0. The van der Waals surface area contributed by atoms with Crippen LogP contribution in [0.25, 0.3) is 0 Å². The first-order chi connectivity index (χ1) is 8.95. The Morgan fingerprint density at radius 3 is 2.11 bits per heavy atom. The molecule has 2 aromatic carbocycles. The molecule has 0 aromatic heterocycles. The van der Waals surface area contributed by atoms with E-state index in [9.17, 15) is 8.42 Å². The SMILES string of the molecule is Cc1ccc(C=Nc2ccc(S(=O)(=O)O)cc2)cc1. The second-order valence-electron chi connectivity index (χ2n) is 4.14. The normalized spacial score (nSPS) is 11.9. The van der Waals surface area contributed by atoms with Gasteiger partial charge in [-0.25, -0.2) is 0 Å². The third-order valence-corrected chi connectivity index (χ3v) is 3.44. The fourth-order valence-corrected chi connectivity index (χ4v) is 1.99. The highest BCUT2D eigenvalue weighted by atomic mass is 32.2. The van der Waals surface area contributed by atoms with Crippen molar-refractivity contribution in [2.75, 3.05) is 0 Å². The fourth-order valence-electron chi connectivity index (χ4n) is 1.51. The zero-order chi connectivity index (χ0) is 13.9. The van der Waals surface area contributed by atoms with Gasteiger partial charge in [0.2, 0.25) is 0 Å². The van der Waals surface area contributed by atoms with Crippen LogP contribution in [0, 0.1) is 6.92 Å². The van der Waals surface area contributed by atoms with Crippen LogP contribution in [0.15, 0.2) is 58.4 Å². The first-order valence-electron chi connectivity index (χ1n) is 5.63. The largest absolute Gasteiger partial charge is 0.294 e. The van der Waals surface area contributed by atoms with Crippen molar-refractivity contribution in [1.29, 1.82) is 0 Å². The molecule has 0 heterocycles. The Hall–Kier alpha value is -1.98. The average molecular weight is 275 g/mol. The predicted octanol–water partition coefficient (Wildman–Crippen LogP) is 2.99. The van der Waals surface area contributed by atoms with Gasteiger partial charge in [0.05, 0.1) is 10.6 Å². The molecule has 4 nitrogen and oxygen atoms in total. The summed E-state index contributed by atoms with van der Waals surface area (Å²) in [6, 6.07) is 13.6. The molecule has 0 unspecified atom stereocenters. The number of nitrogens with zero attached hydrogens (tertiary/aromatic N) is 1. The summed E-state index contributed by atoms with van der Waals surface area (Å²) >= 11 is 0. The van der Waals surface area contributed by atoms with Gasteiger partial charge in [-0.1, -0.05) is 29.8 Å². The number of benzene rings is 2. The predicted molar refractivity (Wildman–Crippen MR) is 74.7 cm³/mol. The molecule has 5 heteroatoms. The second-order valence-corrected chi connectivity index (χ2v) is 5.56. The van der Waals surface area contributed by atoms with Gasteiger partial charge in [0, 0.05) is 6.21 Å². The topological polar surface area (TPSA) is 66.7 Å². The molecular weight excluding hydrogens is 262 g/mol. The molecular formula is C14H13NO3S. The van der Waals surface area contributed by atoms with Gasteiger partial charge in [-0.15, -0.1) is 0 Å². The monoisotopic (exact) mass is 275 g/mol. The van der Waals surface area contributed by atoms with E-state index in [1.807, 2.05) is 31.2 Å². The number of aliphatic imine (C=N–C) groups is 1. The Morgan fingerprint density at radius 2 is 1.58 bits per heavy atom. The Bertz CT molecular complexity index is 686. The molecule has 0 aliphatic carbocycles. The van der Waals surface area contributed by atoms with E-state index in [0.29, 0.717) is 5.69 Å². The lowest BCUT2D eigenvalue weighted by molar-refractivity contribution is 0.483. The summed E-state index contributed by atoms with van der Waals surface area (Å²) < 4.78 is 30.6. The van der Waals surface area contributed by atoms with Crippen LogP contribution in [0.1, 0.15) is 11.1 Å². The number of hydrogen-bond donors (Lipinski definition) is 1. The van der Waals surface area contributed by atoms with Crippen LogP contribution in [0.4, 0.5) is 5.69 Å². The number of aryl methyl sites for hydroxylation is 1. The van der Waals surface area contributed by atoms with Gasteiger partial charge >= 0.3 is 0 Å². The molecule has 0 amide bonds. The Kier molecular flexibility index (Phi) is 3.78. The van der Waals surface area contributed by atoms with Crippen LogP contribution < -0.4 is 0 Å². The van der Waals surface area contributed by atoms with Crippen molar-refractivity contribution in [2.45, 2.75) is 11.8 Å². The smallest absolute Gasteiger partial charge is 0.282 e. The molecule has 0 bridgehead atoms. The maximum Gasteiger partial charge on any atom is 0.294 e. The quantitative estimate of drug-likeness (QED) is 0.691. The van der Waals surface area contributed by atoms with Gasteiger partial charge in [-0.05, 0) is 36.8 Å². The van der Waals surface area contributed by atoms with E-state index < -0.39 is 10.1 Å². The van der Waals surface area contributed by atoms with Gasteiger partial charge in [0.1, 0.15) is 0 Å². The number of hydrogen-bond acceptors (Lipinski definition) is 3. The summed E-state index contributed by atoms with van der Waals surface area (Å²) in [4.78, 5) is 4.09. The maximum atomic E-state index is 10.9. The molecule has 0 radical (unpaired) electrons. The summed E-state index contributed by atoms with van der Waals surface area (Å²) in [6.07, 6.45) is 1.70. The molecule has 98 valence electrons. The van der Waals surface area contributed by atoms with Crippen LogP contribution in [-0.4, -0.2) is 19.2 Å². The Morgan fingerprint density at radius 1 is 1.00 bits per heavy atom. The minimum atomic E-state index is -4.14. The average Bonchev–Trinajstić information content (AvgIpc) is 2.37. The minimum Gasteiger partial charge on any atom is -0.282 e. The highest BCUT2D eigenvalue weighted by molar-refractivity contribution is 7.85. The van der Waals surface area contributed by atoms with Gasteiger partial charge in [-0.2, -0.15) is 8.42 Å². The van der Waals surface area contributed by atoms with Crippen LogP contribution in [0.2, 0.25) is 0 Å². The second kappa shape index (κ2) is 5.34. The molecule has 0 saturated heterocycles. The molecule has 0 fully saturated rings. The van der Waals surface area contributed by atoms with Crippen molar-refractivity contribution < 1.29 is 13.0 Å². The highest BCUT2D eigenvalue weighted by Gasteiger charge is 2.07. The molecule has 2 aromatic rings. The lowest BCUT2D eigenvalue weighted by atomic mass is 10.2. The Balaban J connectivity index is 2.18. The summed E-state index contributed by atoms with van der Waals surface area (Å²) in [5.41, 5.74) is 2.76. The first-order valence-corrected chi connectivity index (χ1v) is 7.07. The van der Waals surface area contributed by atoms with Crippen molar-refractivity contribution >= 4 is 22.0 Å². The molecule has 0 saturated carbocycles. The maximum absolute atomic E-state index is 10.9. The van der Waals surface area contributed by atoms with E-state index in [2.05, 4.69) is 4.99 Å². The van der Waals surface area contributed by atoms with Crippen molar-refractivity contribution in [3.05, 3.63) is 59.7 Å². The van der Waals surface area contributed by atoms with E-state index in [1.165, 1.54) is 29.8 Å². The minimum absolute atomic E-state index is 0.137. The van der Waals surface area contributed by atoms with Crippen molar-refractivity contribution in [2.24, 2.45) is 4.99 Å². The molecule has 1 N–H and O–H groups in total. The van der Waals surface area contributed by atoms with Crippen molar-refractivity contribution in [3.63, 3.8) is 0 Å². The lowest BCUT2D eigenvalue weighted by Gasteiger charge is -1.98. The molecule has 0 spiro atoms. The summed E-state index contributed by atoms with van der Waals surface area (Å²) in [7, 11) is -4.14. The van der Waals surface area contributed by atoms with Crippen LogP contribution in [-0.2, 0) is 10.1 Å². The first kappa shape index (κ1) is 13.5. The Labute approximate surface area is 112 Å². The molecule has 0 aliphatic rings. The standard InChI is InChI=1S/C14H13NO3S/c1-11-2-4-12(5-3-11)10-15-13-6-8-14(9-7-13)19(16,17)18/h2-10H,1H3,(H,16,17,18). The zero-order valence-electron chi connectivity index (χ0n) is 10.3. The zero-order valence-corrected chi connectivity index (χ0v) is 11.1. The van der Waals surface area contributed by atoms with E-state index in [0.717, 1.165) is 5.56 Å². The van der Waals surface area contributed by atoms with Crippen molar-refractivity contribution in [1.82, 2.24) is 0 Å². The fraction of sp³-hybridized carbons (Fsp3) is 0.0714. The summed E-state index contributed by atoms with van der Waals surface area (Å²) in [5, 5.41) is 0.